The zero-order valence-corrected chi connectivity index (χ0v) is 12.7. The Morgan fingerprint density at radius 3 is 3.10 bits per heavy atom. The van der Waals surface area contributed by atoms with E-state index < -0.39 is 0 Å². The van der Waals surface area contributed by atoms with Crippen LogP contribution in [0.15, 0.2) is 36.7 Å². The molecule has 21 heavy (non-hydrogen) atoms. The molecule has 3 unspecified atom stereocenters. The Bertz CT molecular complexity index is 566. The van der Waals surface area contributed by atoms with Gasteiger partial charge >= 0.3 is 0 Å². The van der Waals surface area contributed by atoms with Crippen molar-refractivity contribution in [2.24, 2.45) is 0 Å². The minimum absolute atomic E-state index is 0.337. The molecule has 2 N–H and O–H groups in total. The van der Waals surface area contributed by atoms with Crippen LogP contribution in [0, 0.1) is 0 Å². The van der Waals surface area contributed by atoms with E-state index in [-0.39, 0.29) is 0 Å². The van der Waals surface area contributed by atoms with Gasteiger partial charge in [0.15, 0.2) is 0 Å². The van der Waals surface area contributed by atoms with Crippen molar-refractivity contribution < 1.29 is 0 Å². The summed E-state index contributed by atoms with van der Waals surface area (Å²) in [6.07, 6.45) is 5.95. The quantitative estimate of drug-likeness (QED) is 0.903. The fraction of sp³-hybridized carbons (Fsp3) is 0.500. The lowest BCUT2D eigenvalue weighted by Crippen LogP contribution is -2.45. The minimum Gasteiger partial charge on any atom is -0.314 e. The van der Waals surface area contributed by atoms with Crippen molar-refractivity contribution >= 4 is 0 Å². The maximum absolute atomic E-state index is 4.05. The molecule has 0 amide bonds. The smallest absolute Gasteiger partial charge is 0.0697 e. The van der Waals surface area contributed by atoms with Crippen molar-refractivity contribution in [3.05, 3.63) is 42.2 Å². The van der Waals surface area contributed by atoms with E-state index in [2.05, 4.69) is 59.1 Å². The minimum atomic E-state index is 0.337. The molecule has 5 nitrogen and oxygen atoms in total. The first-order chi connectivity index (χ1) is 10.2. The lowest BCUT2D eigenvalue weighted by molar-refractivity contribution is 0.313. The molecule has 0 radical (unpaired) electrons. The first-order valence-electron chi connectivity index (χ1n) is 7.68. The van der Waals surface area contributed by atoms with E-state index in [0.717, 1.165) is 12.2 Å². The number of nitrogens with zero attached hydrogens (tertiary/aromatic N) is 3. The van der Waals surface area contributed by atoms with Gasteiger partial charge in [-0.3, -0.25) is 0 Å². The maximum atomic E-state index is 4.05. The third-order valence-electron chi connectivity index (χ3n) is 4.17. The molecule has 0 bridgehead atoms. The summed E-state index contributed by atoms with van der Waals surface area (Å²) in [4.78, 5) is 0. The molecule has 1 fully saturated rings. The third kappa shape index (κ3) is 3.49. The van der Waals surface area contributed by atoms with E-state index in [1.165, 1.54) is 18.4 Å². The molecule has 1 saturated heterocycles. The fourth-order valence-corrected chi connectivity index (χ4v) is 3.02. The third-order valence-corrected chi connectivity index (χ3v) is 4.17. The number of benzene rings is 1. The Morgan fingerprint density at radius 2 is 2.33 bits per heavy atom. The van der Waals surface area contributed by atoms with Gasteiger partial charge in [0.2, 0.25) is 0 Å². The molecule has 2 heterocycles. The zero-order valence-electron chi connectivity index (χ0n) is 12.7. The van der Waals surface area contributed by atoms with Crippen LogP contribution in [0.5, 0.6) is 0 Å². The van der Waals surface area contributed by atoms with Crippen LogP contribution in [0.2, 0.25) is 0 Å². The molecule has 1 aliphatic heterocycles. The first kappa shape index (κ1) is 14.2. The van der Waals surface area contributed by atoms with E-state index in [4.69, 9.17) is 0 Å². The number of aromatic nitrogens is 3. The van der Waals surface area contributed by atoms with E-state index in [0.29, 0.717) is 18.1 Å². The van der Waals surface area contributed by atoms with E-state index in [1.54, 1.807) is 10.9 Å². The molecule has 0 spiro atoms. The van der Waals surface area contributed by atoms with Gasteiger partial charge in [0.1, 0.15) is 0 Å². The lowest BCUT2D eigenvalue weighted by Gasteiger charge is -2.31. The van der Waals surface area contributed by atoms with Crippen molar-refractivity contribution in [3.8, 4) is 5.69 Å². The van der Waals surface area contributed by atoms with Gasteiger partial charge in [-0.1, -0.05) is 17.3 Å². The van der Waals surface area contributed by atoms with Gasteiger partial charge in [0.25, 0.3) is 0 Å². The van der Waals surface area contributed by atoms with Crippen molar-refractivity contribution in [1.29, 1.82) is 0 Å². The van der Waals surface area contributed by atoms with Gasteiger partial charge in [-0.2, -0.15) is 0 Å². The average Bonchev–Trinajstić information content (AvgIpc) is 3.02. The number of rotatable bonds is 4. The SMILES string of the molecule is CC1CC(NC(C)c2cccc(-n3ccnn3)c2)CCN1. The normalized spacial score (nSPS) is 23.9. The highest BCUT2D eigenvalue weighted by atomic mass is 15.4. The molecule has 0 saturated carbocycles. The largest absolute Gasteiger partial charge is 0.314 e. The average molecular weight is 285 g/mol. The summed E-state index contributed by atoms with van der Waals surface area (Å²) >= 11 is 0. The lowest BCUT2D eigenvalue weighted by atomic mass is 9.98. The predicted molar refractivity (Wildman–Crippen MR) is 83.4 cm³/mol. The summed E-state index contributed by atoms with van der Waals surface area (Å²) in [6, 6.07) is 10.0. The van der Waals surface area contributed by atoms with Crippen LogP contribution in [0.1, 0.15) is 38.3 Å². The molecule has 3 atom stereocenters. The van der Waals surface area contributed by atoms with Crippen LogP contribution < -0.4 is 10.6 Å². The van der Waals surface area contributed by atoms with Crippen molar-refractivity contribution in [2.75, 3.05) is 6.54 Å². The fourth-order valence-electron chi connectivity index (χ4n) is 3.02. The highest BCUT2D eigenvalue weighted by Crippen LogP contribution is 2.19. The van der Waals surface area contributed by atoms with E-state index in [1.807, 2.05) is 6.20 Å². The molecule has 2 aromatic rings. The molecule has 5 heteroatoms. The van der Waals surface area contributed by atoms with E-state index >= 15 is 0 Å². The molecular formula is C16H23N5. The van der Waals surface area contributed by atoms with Crippen LogP contribution in [-0.4, -0.2) is 33.6 Å². The molecule has 112 valence electrons. The Balaban J connectivity index is 1.69. The second-order valence-corrected chi connectivity index (χ2v) is 5.91. The standard InChI is InChI=1S/C16H23N5/c1-12-10-15(6-7-17-12)19-13(2)14-4-3-5-16(11-14)21-9-8-18-20-21/h3-5,8-9,11-13,15,17,19H,6-7,10H2,1-2H3. The van der Waals surface area contributed by atoms with Crippen LogP contribution in [0.4, 0.5) is 0 Å². The predicted octanol–water partition coefficient (Wildman–Crippen LogP) is 2.06. The summed E-state index contributed by atoms with van der Waals surface area (Å²) in [5.41, 5.74) is 2.34. The summed E-state index contributed by atoms with van der Waals surface area (Å²) < 4.78 is 1.79. The molecule has 1 aromatic carbocycles. The van der Waals surface area contributed by atoms with Crippen LogP contribution in [0.25, 0.3) is 5.69 Å². The molecule has 1 aliphatic rings. The first-order valence-corrected chi connectivity index (χ1v) is 7.68. The van der Waals surface area contributed by atoms with Gasteiger partial charge in [0, 0.05) is 18.1 Å². The molecular weight excluding hydrogens is 262 g/mol. The van der Waals surface area contributed by atoms with Crippen molar-refractivity contribution in [1.82, 2.24) is 25.6 Å². The molecule has 0 aliphatic carbocycles. The van der Waals surface area contributed by atoms with Gasteiger partial charge in [0.05, 0.1) is 18.1 Å². The van der Waals surface area contributed by atoms with Crippen LogP contribution in [-0.2, 0) is 0 Å². The van der Waals surface area contributed by atoms with Gasteiger partial charge in [-0.05, 0) is 50.9 Å². The second kappa shape index (κ2) is 6.37. The van der Waals surface area contributed by atoms with Crippen molar-refractivity contribution in [2.45, 2.75) is 44.8 Å². The molecule has 1 aromatic heterocycles. The second-order valence-electron chi connectivity index (χ2n) is 5.91. The number of nitrogens with one attached hydrogen (secondary N) is 2. The van der Waals surface area contributed by atoms with Crippen LogP contribution in [0.3, 0.4) is 0 Å². The Kier molecular flexibility index (Phi) is 4.31. The Morgan fingerprint density at radius 1 is 1.43 bits per heavy atom. The van der Waals surface area contributed by atoms with Gasteiger partial charge in [-0.15, -0.1) is 5.10 Å². The number of hydrogen-bond donors (Lipinski definition) is 2. The molecule has 3 rings (SSSR count). The van der Waals surface area contributed by atoms with Gasteiger partial charge < -0.3 is 10.6 Å². The summed E-state index contributed by atoms with van der Waals surface area (Å²) in [6.45, 7) is 5.58. The maximum Gasteiger partial charge on any atom is 0.0697 e. The van der Waals surface area contributed by atoms with Crippen LogP contribution >= 0.6 is 0 Å². The zero-order chi connectivity index (χ0) is 14.7. The summed E-state index contributed by atoms with van der Waals surface area (Å²) in [5, 5.41) is 15.2. The Labute approximate surface area is 125 Å². The highest BCUT2D eigenvalue weighted by Gasteiger charge is 2.20. The Hall–Kier alpha value is -1.72. The summed E-state index contributed by atoms with van der Waals surface area (Å²) in [5.74, 6) is 0. The van der Waals surface area contributed by atoms with E-state index in [9.17, 15) is 0 Å². The highest BCUT2D eigenvalue weighted by molar-refractivity contribution is 5.36. The number of piperidine rings is 1. The van der Waals surface area contributed by atoms with Gasteiger partial charge in [-0.25, -0.2) is 4.68 Å². The monoisotopic (exact) mass is 285 g/mol. The topological polar surface area (TPSA) is 54.8 Å². The van der Waals surface area contributed by atoms with Crippen molar-refractivity contribution in [3.63, 3.8) is 0 Å². The number of hydrogen-bond acceptors (Lipinski definition) is 4. The summed E-state index contributed by atoms with van der Waals surface area (Å²) in [7, 11) is 0.